The van der Waals surface area contributed by atoms with Crippen LogP contribution in [0, 0.1) is 0 Å². The first-order chi connectivity index (χ1) is 9.18. The molecule has 1 aliphatic rings. The molecule has 1 saturated carbocycles. The molecule has 2 aromatic rings. The summed E-state index contributed by atoms with van der Waals surface area (Å²) < 4.78 is 3.46. The second kappa shape index (κ2) is 4.60. The Hall–Kier alpha value is -1.98. The van der Waals surface area contributed by atoms with Gasteiger partial charge in [-0.15, -0.1) is 0 Å². The summed E-state index contributed by atoms with van der Waals surface area (Å²) in [6.07, 6.45) is 9.62. The van der Waals surface area contributed by atoms with Gasteiger partial charge in [0.25, 0.3) is 0 Å². The summed E-state index contributed by atoms with van der Waals surface area (Å²) in [6, 6.07) is 0. The molecule has 19 heavy (non-hydrogen) atoms. The van der Waals surface area contributed by atoms with Gasteiger partial charge in [0.15, 0.2) is 5.82 Å². The summed E-state index contributed by atoms with van der Waals surface area (Å²) in [5, 5.41) is 0. The molecule has 0 spiro atoms. The summed E-state index contributed by atoms with van der Waals surface area (Å²) in [7, 11) is 1.93. The minimum absolute atomic E-state index is 0.433. The van der Waals surface area contributed by atoms with Crippen molar-refractivity contribution < 1.29 is 0 Å². The Morgan fingerprint density at radius 1 is 1.26 bits per heavy atom. The Morgan fingerprint density at radius 3 is 2.63 bits per heavy atom. The predicted octanol–water partition coefficient (Wildman–Crippen LogP) is 1.63. The van der Waals surface area contributed by atoms with E-state index in [0.717, 1.165) is 30.1 Å². The molecule has 2 heterocycles. The highest BCUT2D eigenvalue weighted by molar-refractivity contribution is 5.68. The van der Waals surface area contributed by atoms with Crippen LogP contribution >= 0.6 is 0 Å². The molecule has 1 fully saturated rings. The van der Waals surface area contributed by atoms with E-state index in [9.17, 15) is 0 Å². The standard InChI is InChI=1S/C13H20N6/c1-18-8-16-7-10(18)11-12(14)19(15)13(17-11)9-5-3-2-4-6-9/h7-9H,2-6,14-15H2,1H3. The molecule has 6 nitrogen and oxygen atoms in total. The van der Waals surface area contributed by atoms with Crippen molar-refractivity contribution in [2.75, 3.05) is 11.6 Å². The number of rotatable bonds is 2. The third-order valence-electron chi connectivity index (χ3n) is 4.00. The number of aromatic nitrogens is 4. The van der Waals surface area contributed by atoms with Crippen molar-refractivity contribution >= 4 is 5.82 Å². The molecule has 0 bridgehead atoms. The fourth-order valence-corrected chi connectivity index (χ4v) is 2.89. The zero-order chi connectivity index (χ0) is 13.4. The van der Waals surface area contributed by atoms with Crippen molar-refractivity contribution in [2.24, 2.45) is 7.05 Å². The van der Waals surface area contributed by atoms with E-state index in [1.165, 1.54) is 19.3 Å². The van der Waals surface area contributed by atoms with Gasteiger partial charge < -0.3 is 16.1 Å². The van der Waals surface area contributed by atoms with Crippen molar-refractivity contribution in [1.29, 1.82) is 0 Å². The van der Waals surface area contributed by atoms with Crippen LogP contribution in [0.4, 0.5) is 5.82 Å². The molecule has 0 unspecified atom stereocenters. The quantitative estimate of drug-likeness (QED) is 0.803. The molecular weight excluding hydrogens is 240 g/mol. The third-order valence-corrected chi connectivity index (χ3v) is 4.00. The molecule has 3 rings (SSSR count). The molecule has 6 heteroatoms. The molecule has 102 valence electrons. The van der Waals surface area contributed by atoms with E-state index in [2.05, 4.69) is 9.97 Å². The highest BCUT2D eigenvalue weighted by Crippen LogP contribution is 2.35. The first-order valence-corrected chi connectivity index (χ1v) is 6.78. The predicted molar refractivity (Wildman–Crippen MR) is 74.8 cm³/mol. The molecule has 1 aliphatic carbocycles. The van der Waals surface area contributed by atoms with Crippen LogP contribution in [0.5, 0.6) is 0 Å². The summed E-state index contributed by atoms with van der Waals surface area (Å²) in [5.41, 5.74) is 7.75. The first kappa shape index (κ1) is 12.1. The van der Waals surface area contributed by atoms with Crippen molar-refractivity contribution in [1.82, 2.24) is 19.2 Å². The number of anilines is 1. The van der Waals surface area contributed by atoms with Gasteiger partial charge >= 0.3 is 0 Å². The van der Waals surface area contributed by atoms with E-state index in [0.29, 0.717) is 11.7 Å². The summed E-state index contributed by atoms with van der Waals surface area (Å²) >= 11 is 0. The monoisotopic (exact) mass is 260 g/mol. The Morgan fingerprint density at radius 2 is 2.00 bits per heavy atom. The lowest BCUT2D eigenvalue weighted by molar-refractivity contribution is 0.424. The number of imidazole rings is 2. The fourth-order valence-electron chi connectivity index (χ4n) is 2.89. The molecular formula is C13H20N6. The largest absolute Gasteiger partial charge is 0.382 e. The molecule has 2 aromatic heterocycles. The van der Waals surface area contributed by atoms with Crippen LogP contribution in [0.25, 0.3) is 11.4 Å². The van der Waals surface area contributed by atoms with Gasteiger partial charge in [-0.25, -0.2) is 14.6 Å². The Labute approximate surface area is 112 Å². The van der Waals surface area contributed by atoms with Crippen molar-refractivity contribution in [2.45, 2.75) is 38.0 Å². The molecule has 4 N–H and O–H groups in total. The van der Waals surface area contributed by atoms with Gasteiger partial charge in [-0.2, -0.15) is 0 Å². The Balaban J connectivity index is 2.01. The fraction of sp³-hybridized carbons (Fsp3) is 0.538. The third kappa shape index (κ3) is 1.97. The average Bonchev–Trinajstić information content (AvgIpc) is 2.97. The lowest BCUT2D eigenvalue weighted by Gasteiger charge is -2.20. The van der Waals surface area contributed by atoms with E-state index < -0.39 is 0 Å². The van der Waals surface area contributed by atoms with Crippen LogP contribution in [0.3, 0.4) is 0 Å². The zero-order valence-electron chi connectivity index (χ0n) is 11.2. The second-order valence-electron chi connectivity index (χ2n) is 5.30. The average molecular weight is 260 g/mol. The van der Waals surface area contributed by atoms with Crippen LogP contribution in [-0.4, -0.2) is 19.2 Å². The maximum absolute atomic E-state index is 6.10. The summed E-state index contributed by atoms with van der Waals surface area (Å²) in [5.74, 6) is 7.95. The number of aryl methyl sites for hydroxylation is 1. The van der Waals surface area contributed by atoms with E-state index in [1.807, 2.05) is 11.6 Å². The summed E-state index contributed by atoms with van der Waals surface area (Å²) in [4.78, 5) is 8.80. The van der Waals surface area contributed by atoms with Crippen LogP contribution < -0.4 is 11.6 Å². The highest BCUT2D eigenvalue weighted by Gasteiger charge is 2.24. The smallest absolute Gasteiger partial charge is 0.152 e. The maximum Gasteiger partial charge on any atom is 0.152 e. The lowest BCUT2D eigenvalue weighted by Crippen LogP contribution is -2.19. The van der Waals surface area contributed by atoms with Crippen LogP contribution in [0.15, 0.2) is 12.5 Å². The molecule has 0 saturated heterocycles. The van der Waals surface area contributed by atoms with Crippen molar-refractivity contribution in [3.63, 3.8) is 0 Å². The van der Waals surface area contributed by atoms with Gasteiger partial charge in [-0.1, -0.05) is 19.3 Å². The zero-order valence-corrected chi connectivity index (χ0v) is 11.2. The number of hydrogen-bond donors (Lipinski definition) is 2. The van der Waals surface area contributed by atoms with E-state index in [-0.39, 0.29) is 0 Å². The van der Waals surface area contributed by atoms with E-state index >= 15 is 0 Å². The minimum Gasteiger partial charge on any atom is -0.382 e. The Bertz CT molecular complexity index is 576. The number of nitrogen functional groups attached to an aromatic ring is 2. The van der Waals surface area contributed by atoms with Crippen LogP contribution in [0.2, 0.25) is 0 Å². The topological polar surface area (TPSA) is 87.7 Å². The highest BCUT2D eigenvalue weighted by atomic mass is 15.4. The van der Waals surface area contributed by atoms with Crippen molar-refractivity contribution in [3.05, 3.63) is 18.3 Å². The van der Waals surface area contributed by atoms with Gasteiger partial charge in [0.2, 0.25) is 0 Å². The van der Waals surface area contributed by atoms with Gasteiger partial charge in [0.1, 0.15) is 11.5 Å². The van der Waals surface area contributed by atoms with Gasteiger partial charge in [-0.3, -0.25) is 0 Å². The molecule has 0 amide bonds. The first-order valence-electron chi connectivity index (χ1n) is 6.78. The summed E-state index contributed by atoms with van der Waals surface area (Å²) in [6.45, 7) is 0. The molecule has 0 aliphatic heterocycles. The Kier molecular flexibility index (Phi) is 2.93. The van der Waals surface area contributed by atoms with E-state index in [4.69, 9.17) is 11.6 Å². The number of hydrogen-bond acceptors (Lipinski definition) is 4. The second-order valence-corrected chi connectivity index (χ2v) is 5.30. The van der Waals surface area contributed by atoms with Crippen LogP contribution in [-0.2, 0) is 7.05 Å². The van der Waals surface area contributed by atoms with Gasteiger partial charge in [-0.05, 0) is 12.8 Å². The van der Waals surface area contributed by atoms with Crippen LogP contribution in [0.1, 0.15) is 43.8 Å². The van der Waals surface area contributed by atoms with E-state index in [1.54, 1.807) is 17.2 Å². The minimum atomic E-state index is 0.433. The molecule has 0 atom stereocenters. The van der Waals surface area contributed by atoms with Gasteiger partial charge in [0.05, 0.1) is 18.2 Å². The maximum atomic E-state index is 6.10. The number of nitrogens with zero attached hydrogens (tertiary/aromatic N) is 4. The van der Waals surface area contributed by atoms with Crippen molar-refractivity contribution in [3.8, 4) is 11.4 Å². The normalized spacial score (nSPS) is 16.9. The van der Waals surface area contributed by atoms with Gasteiger partial charge in [0, 0.05) is 13.0 Å². The number of nitrogens with two attached hydrogens (primary N) is 2. The SMILES string of the molecule is Cn1cncc1-c1nc(C2CCCCC2)n(N)c1N. The molecule has 0 aromatic carbocycles. The molecule has 0 radical (unpaired) electrons. The lowest BCUT2D eigenvalue weighted by atomic mass is 9.89.